The minimum Gasteiger partial charge on any atom is -0.493 e. The lowest BCUT2D eigenvalue weighted by molar-refractivity contribution is 0.202. The summed E-state index contributed by atoms with van der Waals surface area (Å²) in [4.78, 5) is 1.95. The molecule has 2 rings (SSSR count). The molecule has 0 aliphatic carbocycles. The van der Waals surface area contributed by atoms with Crippen LogP contribution < -0.4 is 19.7 Å². The number of methoxy groups -OCH3 is 2. The van der Waals surface area contributed by atoms with E-state index in [4.69, 9.17) is 14.0 Å². The predicted molar refractivity (Wildman–Crippen MR) is 113 cm³/mol. The second kappa shape index (κ2) is 9.46. The molecule has 2 unspecified atom stereocenters. The van der Waals surface area contributed by atoms with E-state index in [1.807, 2.05) is 45.0 Å². The van der Waals surface area contributed by atoms with Crippen molar-refractivity contribution >= 4 is 18.4 Å². The number of rotatable bonds is 9. The van der Waals surface area contributed by atoms with Crippen LogP contribution in [0.3, 0.4) is 0 Å². The van der Waals surface area contributed by atoms with E-state index in [2.05, 4.69) is 0 Å². The van der Waals surface area contributed by atoms with Gasteiger partial charge in [-0.25, -0.2) is 0 Å². The topological polar surface area (TPSA) is 68.2 Å². The van der Waals surface area contributed by atoms with Gasteiger partial charge < -0.3 is 24.0 Å². The monoisotopic (exact) mass is 407 g/mol. The lowest BCUT2D eigenvalue weighted by Crippen LogP contribution is -2.17. The summed E-state index contributed by atoms with van der Waals surface area (Å²) in [6.45, 7) is 4.22. The van der Waals surface area contributed by atoms with Gasteiger partial charge in [-0.3, -0.25) is 4.57 Å². The van der Waals surface area contributed by atoms with Crippen molar-refractivity contribution in [2.75, 3.05) is 39.8 Å². The van der Waals surface area contributed by atoms with E-state index in [9.17, 15) is 9.67 Å². The maximum absolute atomic E-state index is 13.9. The third-order valence-electron chi connectivity index (χ3n) is 4.35. The van der Waals surface area contributed by atoms with Gasteiger partial charge in [0.15, 0.2) is 17.3 Å². The van der Waals surface area contributed by atoms with Crippen molar-refractivity contribution in [2.24, 2.45) is 5.92 Å². The summed E-state index contributed by atoms with van der Waals surface area (Å²) >= 11 is 0. The number of aliphatic hydroxyl groups is 1. The molecule has 0 aliphatic heterocycles. The summed E-state index contributed by atoms with van der Waals surface area (Å²) in [6.07, 6.45) is 0. The molecule has 0 saturated carbocycles. The standard InChI is InChI=1S/C21H30NO5P/c1-15(2)14-27-28(24,18-10-8-17(9-11-18)22(3)4)21(23)16-7-12-19(25-5)20(13-16)26-6/h7-13,15,21,23H,14H2,1-6H3. The van der Waals surface area contributed by atoms with Gasteiger partial charge in [-0.15, -0.1) is 0 Å². The van der Waals surface area contributed by atoms with E-state index < -0.39 is 13.2 Å². The molecule has 2 atom stereocenters. The zero-order valence-electron chi connectivity index (χ0n) is 17.4. The molecule has 0 radical (unpaired) electrons. The Hall–Kier alpha value is -2.01. The van der Waals surface area contributed by atoms with Crippen molar-refractivity contribution < 1.29 is 23.7 Å². The van der Waals surface area contributed by atoms with Crippen molar-refractivity contribution in [3.8, 4) is 11.5 Å². The maximum Gasteiger partial charge on any atom is 0.264 e. The van der Waals surface area contributed by atoms with Gasteiger partial charge in [-0.1, -0.05) is 19.9 Å². The smallest absolute Gasteiger partial charge is 0.264 e. The van der Waals surface area contributed by atoms with E-state index in [1.54, 1.807) is 30.3 Å². The minimum atomic E-state index is -3.60. The van der Waals surface area contributed by atoms with Crippen LogP contribution in [0, 0.1) is 5.92 Å². The number of nitrogens with zero attached hydrogens (tertiary/aromatic N) is 1. The summed E-state index contributed by atoms with van der Waals surface area (Å²) in [5, 5.41) is 11.5. The summed E-state index contributed by atoms with van der Waals surface area (Å²) in [5.41, 5.74) is 1.42. The Kier molecular flexibility index (Phi) is 7.53. The second-order valence-electron chi connectivity index (χ2n) is 7.19. The molecule has 0 aromatic heterocycles. The van der Waals surface area contributed by atoms with Gasteiger partial charge in [-0.05, 0) is 47.9 Å². The molecule has 0 bridgehead atoms. The molecule has 1 N–H and O–H groups in total. The molecule has 28 heavy (non-hydrogen) atoms. The number of hydrogen-bond donors (Lipinski definition) is 1. The van der Waals surface area contributed by atoms with Crippen molar-refractivity contribution in [1.82, 2.24) is 0 Å². The van der Waals surface area contributed by atoms with Gasteiger partial charge in [0.05, 0.1) is 20.8 Å². The summed E-state index contributed by atoms with van der Waals surface area (Å²) in [5.74, 6) is -0.160. The first kappa shape index (κ1) is 22.3. The second-order valence-corrected chi connectivity index (χ2v) is 9.64. The quantitative estimate of drug-likeness (QED) is 0.633. The Balaban J connectivity index is 2.48. The lowest BCUT2D eigenvalue weighted by Gasteiger charge is -2.26. The molecule has 0 spiro atoms. The maximum atomic E-state index is 13.9. The highest BCUT2D eigenvalue weighted by Crippen LogP contribution is 2.58. The molecule has 0 fully saturated rings. The molecule has 154 valence electrons. The molecule has 6 nitrogen and oxygen atoms in total. The van der Waals surface area contributed by atoms with Gasteiger partial charge in [0.25, 0.3) is 7.37 Å². The largest absolute Gasteiger partial charge is 0.493 e. The summed E-state index contributed by atoms with van der Waals surface area (Å²) in [7, 11) is 3.32. The highest BCUT2D eigenvalue weighted by atomic mass is 31.2. The molecule has 0 amide bonds. The summed E-state index contributed by atoms with van der Waals surface area (Å²) < 4.78 is 30.3. The van der Waals surface area contributed by atoms with E-state index in [0.717, 1.165) is 5.69 Å². The van der Waals surface area contributed by atoms with Gasteiger partial charge in [0.2, 0.25) is 0 Å². The zero-order chi connectivity index (χ0) is 20.9. The number of benzene rings is 2. The van der Waals surface area contributed by atoms with Crippen LogP contribution in [0.25, 0.3) is 0 Å². The van der Waals surface area contributed by atoms with E-state index in [-0.39, 0.29) is 12.5 Å². The molecule has 2 aromatic carbocycles. The molecular weight excluding hydrogens is 377 g/mol. The molecule has 0 heterocycles. The van der Waals surface area contributed by atoms with Gasteiger partial charge >= 0.3 is 0 Å². The van der Waals surface area contributed by atoms with Crippen molar-refractivity contribution in [3.63, 3.8) is 0 Å². The number of anilines is 1. The third-order valence-corrected chi connectivity index (χ3v) is 6.85. The fraction of sp³-hybridized carbons (Fsp3) is 0.429. The van der Waals surface area contributed by atoms with E-state index >= 15 is 0 Å². The van der Waals surface area contributed by atoms with Gasteiger partial charge in [0, 0.05) is 25.1 Å². The predicted octanol–water partition coefficient (Wildman–Crippen LogP) is 4.04. The van der Waals surface area contributed by atoms with Crippen molar-refractivity contribution in [2.45, 2.75) is 19.7 Å². The van der Waals surface area contributed by atoms with Crippen LogP contribution in [0.5, 0.6) is 11.5 Å². The van der Waals surface area contributed by atoms with Crippen LogP contribution in [0.4, 0.5) is 5.69 Å². The van der Waals surface area contributed by atoms with Gasteiger partial charge in [-0.2, -0.15) is 0 Å². The van der Waals surface area contributed by atoms with Gasteiger partial charge in [0.1, 0.15) is 0 Å². The van der Waals surface area contributed by atoms with E-state index in [0.29, 0.717) is 22.4 Å². The third kappa shape index (κ3) is 4.88. The van der Waals surface area contributed by atoms with Crippen LogP contribution >= 0.6 is 7.37 Å². The highest BCUT2D eigenvalue weighted by Gasteiger charge is 2.37. The zero-order valence-corrected chi connectivity index (χ0v) is 18.3. The molecule has 0 saturated heterocycles. The van der Waals surface area contributed by atoms with Crippen LogP contribution in [0.15, 0.2) is 42.5 Å². The lowest BCUT2D eigenvalue weighted by atomic mass is 10.2. The molecule has 0 aliphatic rings. The minimum absolute atomic E-state index is 0.173. The molecule has 7 heteroatoms. The SMILES string of the molecule is COc1ccc(C(O)P(=O)(OCC(C)C)c2ccc(N(C)C)cc2)cc1OC. The van der Waals surface area contributed by atoms with Crippen LogP contribution in [-0.2, 0) is 9.09 Å². The summed E-state index contributed by atoms with van der Waals surface area (Å²) in [6, 6.07) is 12.2. The Labute approximate surface area is 167 Å². The normalized spacial score (nSPS) is 14.4. The number of aliphatic hydroxyl groups excluding tert-OH is 1. The number of hydrogen-bond acceptors (Lipinski definition) is 6. The Bertz CT molecular complexity index is 820. The fourth-order valence-corrected chi connectivity index (χ4v) is 4.92. The Morgan fingerprint density at radius 3 is 2.11 bits per heavy atom. The van der Waals surface area contributed by atoms with Crippen LogP contribution in [0.1, 0.15) is 25.3 Å². The van der Waals surface area contributed by atoms with Crippen LogP contribution in [-0.4, -0.2) is 40.0 Å². The first-order valence-corrected chi connectivity index (χ1v) is 10.8. The van der Waals surface area contributed by atoms with Crippen molar-refractivity contribution in [3.05, 3.63) is 48.0 Å². The first-order chi connectivity index (χ1) is 13.2. The first-order valence-electron chi connectivity index (χ1n) is 9.15. The highest BCUT2D eigenvalue weighted by molar-refractivity contribution is 7.67. The van der Waals surface area contributed by atoms with Crippen molar-refractivity contribution in [1.29, 1.82) is 0 Å². The average molecular weight is 407 g/mol. The molecular formula is C21H30NO5P. The van der Waals surface area contributed by atoms with E-state index in [1.165, 1.54) is 14.2 Å². The molecule has 2 aromatic rings. The number of ether oxygens (including phenoxy) is 2. The fourth-order valence-electron chi connectivity index (χ4n) is 2.71. The Morgan fingerprint density at radius 2 is 1.61 bits per heavy atom. The average Bonchev–Trinajstić information content (AvgIpc) is 2.70. The Morgan fingerprint density at radius 1 is 1.00 bits per heavy atom. The van der Waals surface area contributed by atoms with Crippen LogP contribution in [0.2, 0.25) is 0 Å².